The van der Waals surface area contributed by atoms with Crippen LogP contribution in [0.25, 0.3) is 0 Å². The van der Waals surface area contributed by atoms with E-state index in [1.165, 1.54) is 0 Å². The van der Waals surface area contributed by atoms with Crippen molar-refractivity contribution < 1.29 is 0 Å². The fourth-order valence-corrected chi connectivity index (χ4v) is 3.79. The average molecular weight is 391 g/mol. The Kier molecular flexibility index (Phi) is 4.42. The second kappa shape index (κ2) is 6.74. The van der Waals surface area contributed by atoms with E-state index in [9.17, 15) is 4.79 Å². The average Bonchev–Trinajstić information content (AvgIpc) is 3.07. The van der Waals surface area contributed by atoms with E-state index in [1.807, 2.05) is 33.8 Å². The predicted octanol–water partition coefficient (Wildman–Crippen LogP) is 2.84. The van der Waals surface area contributed by atoms with Crippen molar-refractivity contribution in [3.8, 4) is 0 Å². The van der Waals surface area contributed by atoms with E-state index < -0.39 is 5.56 Å². The molecule has 9 heteroatoms. The Morgan fingerprint density at radius 3 is 2.88 bits per heavy atom. The number of hydrogen-bond acceptors (Lipinski definition) is 5. The van der Waals surface area contributed by atoms with Gasteiger partial charge in [-0.25, -0.2) is 9.78 Å². The van der Waals surface area contributed by atoms with Crippen LogP contribution >= 0.6 is 23.2 Å². The SMILES string of the molecule is C[C@@H](c1ccccc1Cl)n1nnc2c1CCN(c1cn[nH]c(=O)c1Cl)C2. The number of hydrogen-bond donors (Lipinski definition) is 1. The van der Waals surface area contributed by atoms with Crippen molar-refractivity contribution in [1.29, 1.82) is 0 Å². The molecule has 134 valence electrons. The van der Waals surface area contributed by atoms with Crippen LogP contribution in [0.4, 0.5) is 5.69 Å². The maximum absolute atomic E-state index is 11.7. The number of nitrogens with zero attached hydrogens (tertiary/aromatic N) is 5. The summed E-state index contributed by atoms with van der Waals surface area (Å²) < 4.78 is 1.92. The van der Waals surface area contributed by atoms with Gasteiger partial charge in [-0.3, -0.25) is 4.79 Å². The Morgan fingerprint density at radius 2 is 2.08 bits per heavy atom. The van der Waals surface area contributed by atoms with Crippen molar-refractivity contribution in [2.75, 3.05) is 11.4 Å². The van der Waals surface area contributed by atoms with Crippen molar-refractivity contribution in [2.45, 2.75) is 25.9 Å². The van der Waals surface area contributed by atoms with Crippen molar-refractivity contribution in [3.63, 3.8) is 0 Å². The van der Waals surface area contributed by atoms with Gasteiger partial charge in [0.15, 0.2) is 0 Å². The van der Waals surface area contributed by atoms with Crippen LogP contribution in [-0.4, -0.2) is 31.7 Å². The zero-order valence-electron chi connectivity index (χ0n) is 14.0. The summed E-state index contributed by atoms with van der Waals surface area (Å²) >= 11 is 12.5. The van der Waals surface area contributed by atoms with Gasteiger partial charge in [0.1, 0.15) is 10.7 Å². The van der Waals surface area contributed by atoms with Gasteiger partial charge >= 0.3 is 0 Å². The first kappa shape index (κ1) is 17.1. The second-order valence-electron chi connectivity index (χ2n) is 6.19. The molecule has 1 aliphatic rings. The molecule has 0 radical (unpaired) electrons. The first-order valence-corrected chi connectivity index (χ1v) is 8.97. The minimum atomic E-state index is -0.397. The van der Waals surface area contributed by atoms with Gasteiger partial charge in [-0.05, 0) is 18.6 Å². The summed E-state index contributed by atoms with van der Waals surface area (Å²) in [7, 11) is 0. The third-order valence-corrected chi connectivity index (χ3v) is 5.38. The molecule has 1 aliphatic heterocycles. The van der Waals surface area contributed by atoms with E-state index >= 15 is 0 Å². The standard InChI is InChI=1S/C17H16Cl2N6O/c1-10(11-4-2-3-5-12(11)18)25-14-6-7-24(9-13(14)21-23-25)15-8-20-22-17(26)16(15)19/h2-5,8,10H,6-7,9H2,1H3,(H,22,26)/t10-/m0/s1. The van der Waals surface area contributed by atoms with Crippen LogP contribution in [0.3, 0.4) is 0 Å². The molecular weight excluding hydrogens is 375 g/mol. The summed E-state index contributed by atoms with van der Waals surface area (Å²) in [5.74, 6) is 0. The molecule has 0 fully saturated rings. The zero-order chi connectivity index (χ0) is 18.3. The molecule has 0 amide bonds. The predicted molar refractivity (Wildman–Crippen MR) is 99.9 cm³/mol. The highest BCUT2D eigenvalue weighted by Crippen LogP contribution is 2.30. The van der Waals surface area contributed by atoms with Crippen molar-refractivity contribution in [2.24, 2.45) is 0 Å². The summed E-state index contributed by atoms with van der Waals surface area (Å²) in [6.07, 6.45) is 2.30. The number of rotatable bonds is 3. The van der Waals surface area contributed by atoms with Gasteiger partial charge in [-0.1, -0.05) is 46.6 Å². The van der Waals surface area contributed by atoms with Crippen LogP contribution in [0.2, 0.25) is 10.0 Å². The van der Waals surface area contributed by atoms with Gasteiger partial charge in [0, 0.05) is 18.0 Å². The molecule has 4 rings (SSSR count). The van der Waals surface area contributed by atoms with Gasteiger partial charge in [0.2, 0.25) is 0 Å². The smallest absolute Gasteiger partial charge is 0.285 e. The number of aromatic nitrogens is 5. The van der Waals surface area contributed by atoms with Crippen LogP contribution in [0, 0.1) is 0 Å². The molecule has 3 heterocycles. The summed E-state index contributed by atoms with van der Waals surface area (Å²) in [6, 6.07) is 7.73. The largest absolute Gasteiger partial charge is 0.362 e. The summed E-state index contributed by atoms with van der Waals surface area (Å²) in [6.45, 7) is 3.27. The fourth-order valence-electron chi connectivity index (χ4n) is 3.29. The van der Waals surface area contributed by atoms with Crippen LogP contribution < -0.4 is 10.5 Å². The first-order chi connectivity index (χ1) is 12.6. The molecular formula is C17H16Cl2N6O. The molecule has 0 saturated heterocycles. The van der Waals surface area contributed by atoms with Crippen LogP contribution in [0.1, 0.15) is 29.9 Å². The number of halogens is 2. The molecule has 3 aromatic rings. The molecule has 1 N–H and O–H groups in total. The highest BCUT2D eigenvalue weighted by atomic mass is 35.5. The van der Waals surface area contributed by atoms with Gasteiger partial charge in [0.05, 0.1) is 30.2 Å². The Balaban J connectivity index is 1.64. The lowest BCUT2D eigenvalue weighted by molar-refractivity contribution is 0.517. The van der Waals surface area contributed by atoms with E-state index in [-0.39, 0.29) is 11.1 Å². The lowest BCUT2D eigenvalue weighted by Gasteiger charge is -2.29. The minimum Gasteiger partial charge on any atom is -0.362 e. The molecule has 0 unspecified atom stereocenters. The molecule has 0 spiro atoms. The number of nitrogens with one attached hydrogen (secondary N) is 1. The number of anilines is 1. The number of aromatic amines is 1. The highest BCUT2D eigenvalue weighted by Gasteiger charge is 2.27. The van der Waals surface area contributed by atoms with E-state index in [0.29, 0.717) is 23.8 Å². The maximum atomic E-state index is 11.7. The summed E-state index contributed by atoms with van der Waals surface area (Å²) in [4.78, 5) is 13.7. The molecule has 0 bridgehead atoms. The fraction of sp³-hybridized carbons (Fsp3) is 0.294. The molecule has 1 aromatic carbocycles. The third-order valence-electron chi connectivity index (χ3n) is 4.67. The maximum Gasteiger partial charge on any atom is 0.285 e. The van der Waals surface area contributed by atoms with Gasteiger partial charge < -0.3 is 4.90 Å². The monoisotopic (exact) mass is 390 g/mol. The Morgan fingerprint density at radius 1 is 1.27 bits per heavy atom. The van der Waals surface area contributed by atoms with E-state index in [4.69, 9.17) is 23.2 Å². The zero-order valence-corrected chi connectivity index (χ0v) is 15.5. The first-order valence-electron chi connectivity index (χ1n) is 8.21. The number of fused-ring (bicyclic) bond motifs is 1. The van der Waals surface area contributed by atoms with E-state index in [2.05, 4.69) is 27.4 Å². The molecule has 1 atom stereocenters. The normalized spacial score (nSPS) is 15.0. The number of benzene rings is 1. The van der Waals surface area contributed by atoms with Crippen molar-refractivity contribution in [1.82, 2.24) is 25.2 Å². The lowest BCUT2D eigenvalue weighted by atomic mass is 10.1. The van der Waals surface area contributed by atoms with E-state index in [0.717, 1.165) is 23.4 Å². The lowest BCUT2D eigenvalue weighted by Crippen LogP contribution is -2.33. The van der Waals surface area contributed by atoms with Crippen LogP contribution in [0.5, 0.6) is 0 Å². The Hall–Kier alpha value is -2.38. The molecule has 26 heavy (non-hydrogen) atoms. The van der Waals surface area contributed by atoms with Crippen molar-refractivity contribution in [3.05, 3.63) is 67.8 Å². The minimum absolute atomic E-state index is 0.0173. The summed E-state index contributed by atoms with van der Waals surface area (Å²) in [5, 5.41) is 15.7. The van der Waals surface area contributed by atoms with Gasteiger partial charge in [0.25, 0.3) is 5.56 Å². The second-order valence-corrected chi connectivity index (χ2v) is 6.98. The number of H-pyrrole nitrogens is 1. The van der Waals surface area contributed by atoms with Crippen LogP contribution in [-0.2, 0) is 13.0 Å². The highest BCUT2D eigenvalue weighted by molar-refractivity contribution is 6.33. The Bertz CT molecular complexity index is 1010. The van der Waals surface area contributed by atoms with Crippen molar-refractivity contribution >= 4 is 28.9 Å². The molecule has 0 aliphatic carbocycles. The quantitative estimate of drug-likeness (QED) is 0.743. The topological polar surface area (TPSA) is 79.7 Å². The van der Waals surface area contributed by atoms with E-state index in [1.54, 1.807) is 6.20 Å². The molecule has 2 aromatic heterocycles. The molecule has 0 saturated carbocycles. The van der Waals surface area contributed by atoms with Gasteiger partial charge in [-0.2, -0.15) is 5.10 Å². The molecule has 7 nitrogen and oxygen atoms in total. The Labute approximate surface area is 159 Å². The van der Waals surface area contributed by atoms with Gasteiger partial charge in [-0.15, -0.1) is 5.10 Å². The summed E-state index contributed by atoms with van der Waals surface area (Å²) in [5.41, 5.74) is 3.15. The van der Waals surface area contributed by atoms with Crippen LogP contribution in [0.15, 0.2) is 35.3 Å². The third kappa shape index (κ3) is 2.87.